The van der Waals surface area contributed by atoms with Gasteiger partial charge in [-0.25, -0.2) is 13.6 Å². The first-order valence-electron chi connectivity index (χ1n) is 8.78. The summed E-state index contributed by atoms with van der Waals surface area (Å²) in [6.07, 6.45) is 3.30. The number of nitrogens with one attached hydrogen (secondary N) is 1. The Labute approximate surface area is 161 Å². The summed E-state index contributed by atoms with van der Waals surface area (Å²) in [6.45, 7) is 0. The number of hydrogen-bond acceptors (Lipinski definition) is 6. The van der Waals surface area contributed by atoms with Gasteiger partial charge in [-0.3, -0.25) is 4.79 Å². The lowest BCUT2D eigenvalue weighted by molar-refractivity contribution is 0.102. The number of sulfonamides is 1. The molecule has 1 aliphatic carbocycles. The van der Waals surface area contributed by atoms with Crippen molar-refractivity contribution in [2.45, 2.75) is 30.1 Å². The molecule has 144 valence electrons. The van der Waals surface area contributed by atoms with Crippen molar-refractivity contribution in [2.24, 2.45) is 5.14 Å². The van der Waals surface area contributed by atoms with Gasteiger partial charge in [0.05, 0.1) is 4.90 Å². The molecule has 4 rings (SSSR count). The number of carbonyl (C=O) groups is 1. The molecule has 0 unspecified atom stereocenters. The van der Waals surface area contributed by atoms with Crippen LogP contribution in [0.3, 0.4) is 0 Å². The van der Waals surface area contributed by atoms with Crippen LogP contribution in [0.25, 0.3) is 11.4 Å². The van der Waals surface area contributed by atoms with Crippen molar-refractivity contribution < 1.29 is 17.7 Å². The molecular weight excluding hydrogens is 380 g/mol. The molecule has 2 aromatic carbocycles. The van der Waals surface area contributed by atoms with E-state index in [1.807, 2.05) is 6.07 Å². The van der Waals surface area contributed by atoms with E-state index >= 15 is 0 Å². The molecule has 1 heterocycles. The van der Waals surface area contributed by atoms with Gasteiger partial charge in [-0.2, -0.15) is 4.98 Å². The van der Waals surface area contributed by atoms with Crippen molar-refractivity contribution in [2.75, 3.05) is 5.32 Å². The Morgan fingerprint density at radius 3 is 2.54 bits per heavy atom. The number of nitrogens with zero attached hydrogens (tertiary/aromatic N) is 2. The largest absolute Gasteiger partial charge is 0.339 e. The number of carbonyl (C=O) groups excluding carboxylic acids is 1. The number of hydrogen-bond donors (Lipinski definition) is 2. The fourth-order valence-corrected chi connectivity index (χ4v) is 3.42. The summed E-state index contributed by atoms with van der Waals surface area (Å²) in [7, 11) is -3.77. The molecule has 8 nitrogen and oxygen atoms in total. The highest BCUT2D eigenvalue weighted by molar-refractivity contribution is 7.89. The topological polar surface area (TPSA) is 128 Å². The van der Waals surface area contributed by atoms with Crippen molar-refractivity contribution in [3.63, 3.8) is 0 Å². The van der Waals surface area contributed by atoms with E-state index < -0.39 is 10.0 Å². The van der Waals surface area contributed by atoms with Gasteiger partial charge in [0.15, 0.2) is 0 Å². The molecule has 0 saturated heterocycles. The summed E-state index contributed by atoms with van der Waals surface area (Å²) in [5.74, 6) is 1.10. The van der Waals surface area contributed by atoms with Gasteiger partial charge in [0, 0.05) is 22.7 Å². The zero-order valence-electron chi connectivity index (χ0n) is 14.8. The summed E-state index contributed by atoms with van der Waals surface area (Å²) in [5, 5.41) is 11.8. The lowest BCUT2D eigenvalue weighted by atomic mass is 9.85. The molecule has 1 amide bonds. The summed E-state index contributed by atoms with van der Waals surface area (Å²) < 4.78 is 27.9. The van der Waals surface area contributed by atoms with Crippen LogP contribution in [0, 0.1) is 0 Å². The Morgan fingerprint density at radius 2 is 1.89 bits per heavy atom. The van der Waals surface area contributed by atoms with Crippen molar-refractivity contribution >= 4 is 21.6 Å². The normalized spacial score (nSPS) is 14.5. The van der Waals surface area contributed by atoms with E-state index in [-0.39, 0.29) is 10.8 Å². The Kier molecular flexibility index (Phi) is 4.70. The second kappa shape index (κ2) is 7.17. The van der Waals surface area contributed by atoms with Gasteiger partial charge in [0.25, 0.3) is 5.91 Å². The van der Waals surface area contributed by atoms with Gasteiger partial charge in [-0.05, 0) is 49.2 Å². The van der Waals surface area contributed by atoms with Crippen LogP contribution >= 0.6 is 0 Å². The highest BCUT2D eigenvalue weighted by Gasteiger charge is 2.25. The van der Waals surface area contributed by atoms with Crippen molar-refractivity contribution in [1.82, 2.24) is 10.1 Å². The molecule has 0 aliphatic heterocycles. The maximum absolute atomic E-state index is 12.5. The van der Waals surface area contributed by atoms with Crippen LogP contribution in [0.1, 0.15) is 41.4 Å². The van der Waals surface area contributed by atoms with Gasteiger partial charge < -0.3 is 9.84 Å². The quantitative estimate of drug-likeness (QED) is 0.680. The molecule has 3 N–H and O–H groups in total. The van der Waals surface area contributed by atoms with E-state index in [9.17, 15) is 13.2 Å². The van der Waals surface area contributed by atoms with Gasteiger partial charge in [0.1, 0.15) is 0 Å². The minimum absolute atomic E-state index is 0.0214. The maximum atomic E-state index is 12.5. The lowest BCUT2D eigenvalue weighted by Crippen LogP contribution is -2.14. The zero-order valence-corrected chi connectivity index (χ0v) is 15.6. The predicted octanol–water partition coefficient (Wildman–Crippen LogP) is 2.90. The lowest BCUT2D eigenvalue weighted by Gasteiger charge is -2.20. The van der Waals surface area contributed by atoms with Crippen LogP contribution in [0.4, 0.5) is 5.69 Å². The first kappa shape index (κ1) is 18.3. The number of primary sulfonamides is 1. The fourth-order valence-electron chi connectivity index (χ4n) is 2.90. The average Bonchev–Trinajstić information content (AvgIpc) is 3.09. The summed E-state index contributed by atoms with van der Waals surface area (Å²) in [6, 6.07) is 12.5. The maximum Gasteiger partial charge on any atom is 0.255 e. The van der Waals surface area contributed by atoms with Crippen LogP contribution in [-0.4, -0.2) is 24.5 Å². The van der Waals surface area contributed by atoms with Gasteiger partial charge in [-0.1, -0.05) is 23.7 Å². The number of aromatic nitrogens is 2. The third kappa shape index (κ3) is 3.80. The van der Waals surface area contributed by atoms with Crippen LogP contribution in [-0.2, 0) is 10.0 Å². The molecule has 3 aromatic rings. The average molecular weight is 398 g/mol. The van der Waals surface area contributed by atoms with E-state index in [1.165, 1.54) is 30.7 Å². The fraction of sp³-hybridized carbons (Fsp3) is 0.211. The van der Waals surface area contributed by atoms with E-state index in [4.69, 9.17) is 9.66 Å². The van der Waals surface area contributed by atoms with E-state index in [0.717, 1.165) is 12.8 Å². The van der Waals surface area contributed by atoms with Crippen LogP contribution < -0.4 is 10.5 Å². The molecule has 1 fully saturated rings. The molecule has 0 atom stereocenters. The van der Waals surface area contributed by atoms with E-state index in [2.05, 4.69) is 15.5 Å². The second-order valence-corrected chi connectivity index (χ2v) is 8.25. The first-order chi connectivity index (χ1) is 13.4. The molecule has 28 heavy (non-hydrogen) atoms. The molecule has 1 aromatic heterocycles. The molecule has 1 saturated carbocycles. The second-order valence-electron chi connectivity index (χ2n) is 6.69. The van der Waals surface area contributed by atoms with Crippen LogP contribution in [0.15, 0.2) is 57.9 Å². The number of benzene rings is 2. The van der Waals surface area contributed by atoms with Crippen LogP contribution in [0.5, 0.6) is 0 Å². The molecule has 0 spiro atoms. The van der Waals surface area contributed by atoms with Crippen molar-refractivity contribution in [3.8, 4) is 11.4 Å². The molecule has 0 bridgehead atoms. The first-order valence-corrected chi connectivity index (χ1v) is 10.3. The van der Waals surface area contributed by atoms with Gasteiger partial charge in [-0.15, -0.1) is 0 Å². The SMILES string of the molecule is NS(=O)(=O)c1ccc(NC(=O)c2cccc(-c3noc(C4CCC4)n3)c2)cc1. The van der Waals surface area contributed by atoms with E-state index in [0.29, 0.717) is 34.4 Å². The number of rotatable bonds is 5. The summed E-state index contributed by atoms with van der Waals surface area (Å²) in [5.41, 5.74) is 1.56. The molecule has 0 radical (unpaired) electrons. The Hall–Kier alpha value is -3.04. The van der Waals surface area contributed by atoms with Crippen molar-refractivity contribution in [1.29, 1.82) is 0 Å². The smallest absolute Gasteiger partial charge is 0.255 e. The highest BCUT2D eigenvalue weighted by Crippen LogP contribution is 2.36. The number of anilines is 1. The number of nitrogens with two attached hydrogens (primary N) is 1. The van der Waals surface area contributed by atoms with Gasteiger partial charge >= 0.3 is 0 Å². The number of amides is 1. The third-order valence-electron chi connectivity index (χ3n) is 4.72. The Balaban J connectivity index is 1.50. The molecular formula is C19H18N4O4S. The minimum Gasteiger partial charge on any atom is -0.339 e. The monoisotopic (exact) mass is 398 g/mol. The van der Waals surface area contributed by atoms with Crippen LogP contribution in [0.2, 0.25) is 0 Å². The minimum atomic E-state index is -3.77. The van der Waals surface area contributed by atoms with E-state index in [1.54, 1.807) is 18.2 Å². The summed E-state index contributed by atoms with van der Waals surface area (Å²) in [4.78, 5) is 17.0. The Bertz CT molecular complexity index is 1120. The molecule has 9 heteroatoms. The Morgan fingerprint density at radius 1 is 1.14 bits per heavy atom. The predicted molar refractivity (Wildman–Crippen MR) is 102 cm³/mol. The highest BCUT2D eigenvalue weighted by atomic mass is 32.2. The molecule has 1 aliphatic rings. The third-order valence-corrected chi connectivity index (χ3v) is 5.65. The van der Waals surface area contributed by atoms with Gasteiger partial charge in [0.2, 0.25) is 21.7 Å². The zero-order chi connectivity index (χ0) is 19.7. The standard InChI is InChI=1S/C19H18N4O4S/c20-28(25,26)16-9-7-15(8-10-16)21-18(24)14-6-2-5-13(11-14)17-22-19(27-23-17)12-3-1-4-12/h2,5-12H,1,3-4H2,(H,21,24)(H2,20,25,26). The van der Waals surface area contributed by atoms with Crippen molar-refractivity contribution in [3.05, 3.63) is 60.0 Å². The summed E-state index contributed by atoms with van der Waals surface area (Å²) >= 11 is 0.